The average molecular weight is 244 g/mol. The van der Waals surface area contributed by atoms with Gasteiger partial charge in [0, 0.05) is 5.56 Å². The van der Waals surface area contributed by atoms with E-state index in [4.69, 9.17) is 10.2 Å². The molecule has 0 spiro atoms. The van der Waals surface area contributed by atoms with Crippen LogP contribution in [0.5, 0.6) is 0 Å². The summed E-state index contributed by atoms with van der Waals surface area (Å²) >= 11 is 0. The highest BCUT2D eigenvalue weighted by Crippen LogP contribution is 2.30. The first-order valence-corrected chi connectivity index (χ1v) is 6.18. The molecule has 1 heterocycles. The third kappa shape index (κ3) is 2.46. The summed E-state index contributed by atoms with van der Waals surface area (Å²) in [6.07, 6.45) is 1.75. The van der Waals surface area contributed by atoms with Crippen LogP contribution in [-0.2, 0) is 12.0 Å². The molecule has 0 fully saturated rings. The van der Waals surface area contributed by atoms with Crippen molar-refractivity contribution < 1.29 is 4.42 Å². The SMILES string of the molecule is Cc1ccc(C(C)(C)C)cc1-c1cnc(CN)o1. The summed E-state index contributed by atoms with van der Waals surface area (Å²) in [6, 6.07) is 6.47. The van der Waals surface area contributed by atoms with E-state index < -0.39 is 0 Å². The Bertz CT molecular complexity index is 550. The molecule has 1 aromatic heterocycles. The molecule has 0 unspecified atom stereocenters. The highest BCUT2D eigenvalue weighted by atomic mass is 16.4. The Morgan fingerprint density at radius 1 is 1.28 bits per heavy atom. The largest absolute Gasteiger partial charge is 0.439 e. The highest BCUT2D eigenvalue weighted by molar-refractivity contribution is 5.62. The number of aromatic nitrogens is 1. The van der Waals surface area contributed by atoms with Crippen LogP contribution in [0.15, 0.2) is 28.8 Å². The predicted molar refractivity (Wildman–Crippen MR) is 73.3 cm³/mol. The minimum atomic E-state index is 0.124. The smallest absolute Gasteiger partial charge is 0.208 e. The third-order valence-electron chi connectivity index (χ3n) is 3.10. The molecule has 1 aromatic carbocycles. The number of oxazole rings is 1. The summed E-state index contributed by atoms with van der Waals surface area (Å²) in [7, 11) is 0. The zero-order chi connectivity index (χ0) is 13.3. The number of benzene rings is 1. The Morgan fingerprint density at radius 3 is 2.56 bits per heavy atom. The fraction of sp³-hybridized carbons (Fsp3) is 0.400. The van der Waals surface area contributed by atoms with Gasteiger partial charge in [-0.25, -0.2) is 4.98 Å². The van der Waals surface area contributed by atoms with Crippen molar-refractivity contribution in [3.05, 3.63) is 41.4 Å². The molecule has 0 aliphatic heterocycles. The van der Waals surface area contributed by atoms with Crippen molar-refractivity contribution in [2.75, 3.05) is 0 Å². The van der Waals surface area contributed by atoms with Crippen molar-refractivity contribution in [2.24, 2.45) is 5.73 Å². The van der Waals surface area contributed by atoms with Gasteiger partial charge in [-0.1, -0.05) is 32.9 Å². The molecule has 96 valence electrons. The molecule has 0 radical (unpaired) electrons. The number of rotatable bonds is 2. The number of aryl methyl sites for hydroxylation is 1. The van der Waals surface area contributed by atoms with Crippen LogP contribution in [0.1, 0.15) is 37.8 Å². The number of hydrogen-bond donors (Lipinski definition) is 1. The molecule has 0 aliphatic carbocycles. The summed E-state index contributed by atoms with van der Waals surface area (Å²) in [5.41, 5.74) is 9.21. The first-order chi connectivity index (χ1) is 8.41. The molecule has 0 aliphatic rings. The lowest BCUT2D eigenvalue weighted by Crippen LogP contribution is -2.11. The fourth-order valence-electron chi connectivity index (χ4n) is 1.88. The first-order valence-electron chi connectivity index (χ1n) is 6.18. The van der Waals surface area contributed by atoms with Crippen LogP contribution in [0.3, 0.4) is 0 Å². The lowest BCUT2D eigenvalue weighted by atomic mass is 9.85. The van der Waals surface area contributed by atoms with Gasteiger partial charge in [0.2, 0.25) is 5.89 Å². The molecule has 2 N–H and O–H groups in total. The van der Waals surface area contributed by atoms with Crippen LogP contribution in [0.25, 0.3) is 11.3 Å². The van der Waals surface area contributed by atoms with E-state index in [-0.39, 0.29) is 5.41 Å². The summed E-state index contributed by atoms with van der Waals surface area (Å²) in [5, 5.41) is 0. The Morgan fingerprint density at radius 2 is 2.00 bits per heavy atom. The maximum atomic E-state index is 5.63. The van der Waals surface area contributed by atoms with E-state index in [0.29, 0.717) is 12.4 Å². The lowest BCUT2D eigenvalue weighted by molar-refractivity contribution is 0.509. The number of nitrogens with zero attached hydrogens (tertiary/aromatic N) is 1. The second-order valence-electron chi connectivity index (χ2n) is 5.60. The molecule has 0 saturated carbocycles. The Hall–Kier alpha value is -1.61. The van der Waals surface area contributed by atoms with E-state index in [1.54, 1.807) is 6.20 Å². The molecule has 18 heavy (non-hydrogen) atoms. The number of nitrogens with two attached hydrogens (primary N) is 1. The van der Waals surface area contributed by atoms with Crippen molar-refractivity contribution in [2.45, 2.75) is 39.7 Å². The van der Waals surface area contributed by atoms with Crippen molar-refractivity contribution in [3.63, 3.8) is 0 Å². The average Bonchev–Trinajstić information content (AvgIpc) is 2.76. The quantitative estimate of drug-likeness (QED) is 0.880. The molecular formula is C15H20N2O. The van der Waals surface area contributed by atoms with Crippen LogP contribution in [0.4, 0.5) is 0 Å². The van der Waals surface area contributed by atoms with Gasteiger partial charge in [0.25, 0.3) is 0 Å². The normalized spacial score (nSPS) is 11.8. The topological polar surface area (TPSA) is 52.0 Å². The van der Waals surface area contributed by atoms with Gasteiger partial charge in [0.1, 0.15) is 0 Å². The standard InChI is InChI=1S/C15H20N2O/c1-10-5-6-11(15(2,3)4)7-12(10)13-9-17-14(8-16)18-13/h5-7,9H,8,16H2,1-4H3. The van der Waals surface area contributed by atoms with Gasteiger partial charge < -0.3 is 10.2 Å². The zero-order valence-corrected chi connectivity index (χ0v) is 11.4. The van der Waals surface area contributed by atoms with Crippen molar-refractivity contribution in [3.8, 4) is 11.3 Å². The van der Waals surface area contributed by atoms with Gasteiger partial charge in [-0.3, -0.25) is 0 Å². The van der Waals surface area contributed by atoms with Gasteiger partial charge in [-0.2, -0.15) is 0 Å². The first kappa shape index (κ1) is 12.8. The van der Waals surface area contributed by atoms with Crippen molar-refractivity contribution in [1.29, 1.82) is 0 Å². The van der Waals surface area contributed by atoms with Gasteiger partial charge in [0.15, 0.2) is 5.76 Å². The minimum absolute atomic E-state index is 0.124. The van der Waals surface area contributed by atoms with Crippen molar-refractivity contribution >= 4 is 0 Å². The summed E-state index contributed by atoms with van der Waals surface area (Å²) < 4.78 is 5.63. The molecule has 2 aromatic rings. The second-order valence-corrected chi connectivity index (χ2v) is 5.60. The lowest BCUT2D eigenvalue weighted by Gasteiger charge is -2.20. The van der Waals surface area contributed by atoms with Crippen LogP contribution in [-0.4, -0.2) is 4.98 Å². The van der Waals surface area contributed by atoms with E-state index in [1.807, 2.05) is 0 Å². The number of hydrogen-bond acceptors (Lipinski definition) is 3. The molecule has 0 amide bonds. The third-order valence-corrected chi connectivity index (χ3v) is 3.10. The maximum Gasteiger partial charge on any atom is 0.208 e. The van der Waals surface area contributed by atoms with E-state index in [9.17, 15) is 0 Å². The van der Waals surface area contributed by atoms with E-state index in [1.165, 1.54) is 11.1 Å². The molecule has 3 heteroatoms. The summed E-state index contributed by atoms with van der Waals surface area (Å²) in [5.74, 6) is 1.37. The van der Waals surface area contributed by atoms with Crippen molar-refractivity contribution in [1.82, 2.24) is 4.98 Å². The van der Waals surface area contributed by atoms with Gasteiger partial charge in [-0.05, 0) is 29.5 Å². The predicted octanol–water partition coefficient (Wildman–Crippen LogP) is 3.41. The Labute approximate surface area is 108 Å². The Balaban J connectivity index is 2.49. The summed E-state index contributed by atoms with van der Waals surface area (Å²) in [6.45, 7) is 9.01. The monoisotopic (exact) mass is 244 g/mol. The fourth-order valence-corrected chi connectivity index (χ4v) is 1.88. The minimum Gasteiger partial charge on any atom is -0.439 e. The molecule has 0 atom stereocenters. The Kier molecular flexibility index (Phi) is 3.26. The van der Waals surface area contributed by atoms with Crippen LogP contribution >= 0.6 is 0 Å². The molecule has 0 saturated heterocycles. The van der Waals surface area contributed by atoms with Gasteiger partial charge in [-0.15, -0.1) is 0 Å². The van der Waals surface area contributed by atoms with Gasteiger partial charge >= 0.3 is 0 Å². The van der Waals surface area contributed by atoms with Crippen LogP contribution in [0, 0.1) is 6.92 Å². The highest BCUT2D eigenvalue weighted by Gasteiger charge is 2.16. The molecule has 3 nitrogen and oxygen atoms in total. The van der Waals surface area contributed by atoms with E-state index in [0.717, 1.165) is 11.3 Å². The van der Waals surface area contributed by atoms with Gasteiger partial charge in [0.05, 0.1) is 12.7 Å². The zero-order valence-electron chi connectivity index (χ0n) is 11.4. The maximum absolute atomic E-state index is 5.63. The second kappa shape index (κ2) is 4.58. The molecular weight excluding hydrogens is 224 g/mol. The molecule has 2 rings (SSSR count). The van der Waals surface area contributed by atoms with E-state index >= 15 is 0 Å². The molecule has 0 bridgehead atoms. The van der Waals surface area contributed by atoms with Crippen LogP contribution in [0.2, 0.25) is 0 Å². The van der Waals surface area contributed by atoms with E-state index in [2.05, 4.69) is 50.9 Å². The summed E-state index contributed by atoms with van der Waals surface area (Å²) in [4.78, 5) is 4.15. The van der Waals surface area contributed by atoms with Crippen LogP contribution < -0.4 is 5.73 Å².